The lowest BCUT2D eigenvalue weighted by molar-refractivity contribution is 0.486. The van der Waals surface area contributed by atoms with Gasteiger partial charge in [0.1, 0.15) is 0 Å². The molecule has 0 heterocycles. The molecule has 0 aliphatic rings. The van der Waals surface area contributed by atoms with E-state index in [4.69, 9.17) is 0 Å². The van der Waals surface area contributed by atoms with E-state index in [2.05, 4.69) is 48.5 Å². The van der Waals surface area contributed by atoms with Gasteiger partial charge < -0.3 is 0 Å². The van der Waals surface area contributed by atoms with Crippen LogP contribution < -0.4 is 0 Å². The molecule has 0 aromatic heterocycles. The third-order valence-corrected chi connectivity index (χ3v) is 2.93. The minimum Gasteiger partial charge on any atom is -0.0654 e. The third kappa shape index (κ3) is 25.9. The van der Waals surface area contributed by atoms with Crippen LogP contribution in [0.5, 0.6) is 0 Å². The van der Waals surface area contributed by atoms with E-state index in [1.54, 1.807) is 0 Å². The molecule has 0 unspecified atom stereocenters. The third-order valence-electron chi connectivity index (χ3n) is 2.93. The molecule has 0 aromatic rings. The zero-order valence-electron chi connectivity index (χ0n) is 13.7. The smallest absolute Gasteiger partial charge is 0.0471 e. The maximum atomic E-state index is 2.31. The minimum atomic E-state index is 0.897. The lowest BCUT2D eigenvalue weighted by Crippen LogP contribution is -1.89. The second-order valence-corrected chi connectivity index (χ2v) is 6.61. The van der Waals surface area contributed by atoms with E-state index in [-0.39, 0.29) is 0 Å². The highest BCUT2D eigenvalue weighted by atomic mass is 14.0. The van der Waals surface area contributed by atoms with E-state index in [9.17, 15) is 0 Å². The average Bonchev–Trinajstić information content (AvgIpc) is 2.16. The van der Waals surface area contributed by atoms with E-state index >= 15 is 0 Å². The summed E-state index contributed by atoms with van der Waals surface area (Å²) in [5.41, 5.74) is 0. The second kappa shape index (κ2) is 14.1. The first kappa shape index (κ1) is 19.3. The molecule has 0 saturated heterocycles. The molecular weight excluding hydrogens is 204 g/mol. The predicted octanol–water partition coefficient (Wildman–Crippen LogP) is 6.69. The molecule has 0 amide bonds. The Kier molecular flexibility index (Phi) is 16.0. The first-order valence-electron chi connectivity index (χ1n) is 7.90. The van der Waals surface area contributed by atoms with Gasteiger partial charge in [-0.15, -0.1) is 0 Å². The van der Waals surface area contributed by atoms with Crippen LogP contribution in [0.3, 0.4) is 0 Å². The first-order chi connectivity index (χ1) is 7.90. The average molecular weight is 242 g/mol. The Labute approximate surface area is 112 Å². The molecule has 0 N–H and O–H groups in total. The first-order valence-corrected chi connectivity index (χ1v) is 7.90. The van der Waals surface area contributed by atoms with Crippen molar-refractivity contribution < 1.29 is 0 Å². The van der Waals surface area contributed by atoms with Crippen molar-refractivity contribution in [1.29, 1.82) is 0 Å². The minimum absolute atomic E-state index is 0.897. The maximum absolute atomic E-state index is 2.31. The molecule has 0 aliphatic carbocycles. The zero-order chi connectivity index (χ0) is 13.7. The van der Waals surface area contributed by atoms with E-state index in [1.165, 1.54) is 44.9 Å². The summed E-state index contributed by atoms with van der Waals surface area (Å²) < 4.78 is 0. The molecule has 0 nitrogen and oxygen atoms in total. The number of hydrogen-bond donors (Lipinski definition) is 0. The summed E-state index contributed by atoms with van der Waals surface area (Å²) in [6, 6.07) is 0. The standard InChI is InChI=1S/C11H24.C6H14/c1-10(2)8-6-5-7-9-11(3)4;1-4-5-6(2)3/h10-11H,5-9H2,1-4H3;6H,4-5H2,1-3H3. The van der Waals surface area contributed by atoms with Crippen LogP contribution >= 0.6 is 0 Å². The topological polar surface area (TPSA) is 0 Å². The quantitative estimate of drug-likeness (QED) is 0.416. The molecule has 17 heavy (non-hydrogen) atoms. The van der Waals surface area contributed by atoms with Crippen LogP contribution in [0.2, 0.25) is 0 Å². The summed E-state index contributed by atoms with van der Waals surface area (Å²) in [6.45, 7) is 16.0. The van der Waals surface area contributed by atoms with Gasteiger partial charge in [0.05, 0.1) is 0 Å². The van der Waals surface area contributed by atoms with Gasteiger partial charge in [-0.25, -0.2) is 0 Å². The van der Waals surface area contributed by atoms with Crippen molar-refractivity contribution in [3.63, 3.8) is 0 Å². The van der Waals surface area contributed by atoms with Gasteiger partial charge in [0, 0.05) is 0 Å². The molecule has 0 atom stereocenters. The Morgan fingerprint density at radius 3 is 1.06 bits per heavy atom. The molecule has 0 bridgehead atoms. The molecule has 0 heteroatoms. The van der Waals surface area contributed by atoms with Crippen molar-refractivity contribution in [3.8, 4) is 0 Å². The number of unbranched alkanes of at least 4 members (excludes halogenated alkanes) is 2. The van der Waals surface area contributed by atoms with Gasteiger partial charge >= 0.3 is 0 Å². The molecule has 106 valence electrons. The van der Waals surface area contributed by atoms with Crippen LogP contribution in [0.1, 0.15) is 93.4 Å². The van der Waals surface area contributed by atoms with Gasteiger partial charge in [-0.1, -0.05) is 93.4 Å². The van der Waals surface area contributed by atoms with E-state index in [1.807, 2.05) is 0 Å². The molecule has 0 aliphatic heterocycles. The van der Waals surface area contributed by atoms with Crippen LogP contribution in [-0.2, 0) is 0 Å². The Balaban J connectivity index is 0. The molecule has 0 fully saturated rings. The molecular formula is C17H38. The van der Waals surface area contributed by atoms with Gasteiger partial charge in [-0.3, -0.25) is 0 Å². The summed E-state index contributed by atoms with van der Waals surface area (Å²) in [7, 11) is 0. The van der Waals surface area contributed by atoms with Crippen molar-refractivity contribution in [2.75, 3.05) is 0 Å². The monoisotopic (exact) mass is 242 g/mol. The Bertz CT molecular complexity index is 112. The highest BCUT2D eigenvalue weighted by Gasteiger charge is 1.96. The summed E-state index contributed by atoms with van der Waals surface area (Å²) in [6.07, 6.45) is 9.85. The number of hydrogen-bond acceptors (Lipinski definition) is 0. The fraction of sp³-hybridized carbons (Fsp3) is 1.00. The molecule has 0 aromatic carbocycles. The molecule has 0 saturated carbocycles. The van der Waals surface area contributed by atoms with Crippen LogP contribution in [0.4, 0.5) is 0 Å². The molecule has 0 spiro atoms. The molecule has 0 rings (SSSR count). The lowest BCUT2D eigenvalue weighted by atomic mass is 10.0. The number of rotatable bonds is 8. The highest BCUT2D eigenvalue weighted by molar-refractivity contribution is 4.49. The van der Waals surface area contributed by atoms with Crippen molar-refractivity contribution in [3.05, 3.63) is 0 Å². The zero-order valence-corrected chi connectivity index (χ0v) is 13.7. The second-order valence-electron chi connectivity index (χ2n) is 6.61. The van der Waals surface area contributed by atoms with Crippen molar-refractivity contribution in [2.45, 2.75) is 93.4 Å². The Morgan fingerprint density at radius 2 is 0.882 bits per heavy atom. The van der Waals surface area contributed by atoms with Crippen molar-refractivity contribution >= 4 is 0 Å². The van der Waals surface area contributed by atoms with Crippen molar-refractivity contribution in [1.82, 2.24) is 0 Å². The summed E-state index contributed by atoms with van der Waals surface area (Å²) in [5.74, 6) is 2.69. The summed E-state index contributed by atoms with van der Waals surface area (Å²) in [5, 5.41) is 0. The van der Waals surface area contributed by atoms with Crippen LogP contribution in [-0.4, -0.2) is 0 Å². The van der Waals surface area contributed by atoms with Gasteiger partial charge in [-0.2, -0.15) is 0 Å². The normalized spacial score (nSPS) is 10.9. The van der Waals surface area contributed by atoms with Gasteiger partial charge in [-0.05, 0) is 17.8 Å². The Hall–Kier alpha value is 0. The fourth-order valence-corrected chi connectivity index (χ4v) is 1.86. The van der Waals surface area contributed by atoms with Gasteiger partial charge in [0.25, 0.3) is 0 Å². The highest BCUT2D eigenvalue weighted by Crippen LogP contribution is 2.12. The fourth-order valence-electron chi connectivity index (χ4n) is 1.86. The largest absolute Gasteiger partial charge is 0.0654 e. The van der Waals surface area contributed by atoms with E-state index < -0.39 is 0 Å². The maximum Gasteiger partial charge on any atom is -0.0471 e. The van der Waals surface area contributed by atoms with Gasteiger partial charge in [0.15, 0.2) is 0 Å². The Morgan fingerprint density at radius 1 is 0.529 bits per heavy atom. The van der Waals surface area contributed by atoms with Crippen LogP contribution in [0.25, 0.3) is 0 Å². The summed E-state index contributed by atoms with van der Waals surface area (Å²) in [4.78, 5) is 0. The van der Waals surface area contributed by atoms with E-state index in [0.717, 1.165) is 17.8 Å². The van der Waals surface area contributed by atoms with Crippen molar-refractivity contribution in [2.24, 2.45) is 17.8 Å². The van der Waals surface area contributed by atoms with Crippen LogP contribution in [0.15, 0.2) is 0 Å². The predicted molar refractivity (Wildman–Crippen MR) is 82.5 cm³/mol. The van der Waals surface area contributed by atoms with Gasteiger partial charge in [0.2, 0.25) is 0 Å². The molecule has 0 radical (unpaired) electrons. The van der Waals surface area contributed by atoms with Crippen LogP contribution in [0, 0.1) is 17.8 Å². The summed E-state index contributed by atoms with van der Waals surface area (Å²) >= 11 is 0. The SMILES string of the molecule is CC(C)CCCCCC(C)C.CCCC(C)C. The lowest BCUT2D eigenvalue weighted by Gasteiger charge is -2.05. The van der Waals surface area contributed by atoms with E-state index in [0.29, 0.717) is 0 Å².